The summed E-state index contributed by atoms with van der Waals surface area (Å²) < 4.78 is 32.4. The van der Waals surface area contributed by atoms with Gasteiger partial charge in [0, 0.05) is 18.7 Å². The number of morpholine rings is 1. The first-order valence-corrected chi connectivity index (χ1v) is 12.3. The van der Waals surface area contributed by atoms with Crippen LogP contribution in [0.25, 0.3) is 0 Å². The number of carbonyl (C=O) groups excluding carboxylic acids is 3. The van der Waals surface area contributed by atoms with Crippen LogP contribution in [0.4, 0.5) is 4.79 Å². The number of ether oxygens (including phenoxy) is 1. The standard InChI is InChI=1S/C20H25ClN4O6S/c1-13-4-6-20(7-5-13)18(27)25(19(28)22-20)23-17(26)14-2-3-15(21)16(12-14)32(29,30)24-8-10-31-11-9-24/h2-3,12-13H,4-11H2,1H3,(H,22,28)(H,23,26). The van der Waals surface area contributed by atoms with Gasteiger partial charge in [0.1, 0.15) is 10.4 Å². The molecule has 2 saturated heterocycles. The number of carbonyl (C=O) groups is 3. The maximum absolute atomic E-state index is 13.0. The molecule has 0 bridgehead atoms. The number of nitrogens with zero attached hydrogens (tertiary/aromatic N) is 2. The van der Waals surface area contributed by atoms with Gasteiger partial charge in [-0.2, -0.15) is 9.31 Å². The Morgan fingerprint density at radius 3 is 2.53 bits per heavy atom. The molecule has 0 unspecified atom stereocenters. The molecule has 0 aromatic heterocycles. The Kier molecular flexibility index (Phi) is 6.19. The van der Waals surface area contributed by atoms with Crippen LogP contribution < -0.4 is 10.7 Å². The van der Waals surface area contributed by atoms with E-state index in [4.69, 9.17) is 16.3 Å². The highest BCUT2D eigenvalue weighted by Gasteiger charge is 2.53. The third kappa shape index (κ3) is 4.09. The lowest BCUT2D eigenvalue weighted by molar-refractivity contribution is -0.134. The van der Waals surface area contributed by atoms with Gasteiger partial charge in [-0.1, -0.05) is 18.5 Å². The summed E-state index contributed by atoms with van der Waals surface area (Å²) in [4.78, 5) is 38.0. The molecule has 2 aliphatic heterocycles. The van der Waals surface area contributed by atoms with Crippen molar-refractivity contribution in [1.29, 1.82) is 0 Å². The molecule has 3 aliphatic rings. The number of halogens is 1. The summed E-state index contributed by atoms with van der Waals surface area (Å²) in [7, 11) is -3.94. The van der Waals surface area contributed by atoms with Crippen LogP contribution in [0.2, 0.25) is 5.02 Å². The van der Waals surface area contributed by atoms with Gasteiger partial charge < -0.3 is 10.1 Å². The molecule has 4 amide bonds. The highest BCUT2D eigenvalue weighted by molar-refractivity contribution is 7.89. The first kappa shape index (κ1) is 23.0. The average molecular weight is 485 g/mol. The van der Waals surface area contributed by atoms with E-state index in [0.29, 0.717) is 23.8 Å². The van der Waals surface area contributed by atoms with Gasteiger partial charge in [0.2, 0.25) is 10.0 Å². The first-order valence-electron chi connectivity index (χ1n) is 10.5. The number of hydrogen-bond acceptors (Lipinski definition) is 6. The Labute approximate surface area is 191 Å². The van der Waals surface area contributed by atoms with Crippen LogP contribution in [-0.2, 0) is 19.6 Å². The van der Waals surface area contributed by atoms with E-state index in [1.54, 1.807) is 0 Å². The van der Waals surface area contributed by atoms with Crippen molar-refractivity contribution in [1.82, 2.24) is 20.1 Å². The van der Waals surface area contributed by atoms with Crippen molar-refractivity contribution < 1.29 is 27.5 Å². The van der Waals surface area contributed by atoms with Gasteiger partial charge in [-0.05, 0) is 49.8 Å². The highest BCUT2D eigenvalue weighted by atomic mass is 35.5. The van der Waals surface area contributed by atoms with Crippen molar-refractivity contribution in [2.45, 2.75) is 43.0 Å². The molecule has 1 aromatic carbocycles. The second-order valence-corrected chi connectivity index (χ2v) is 10.8. The monoisotopic (exact) mass is 484 g/mol. The minimum Gasteiger partial charge on any atom is -0.379 e. The molecule has 3 fully saturated rings. The van der Waals surface area contributed by atoms with Crippen molar-refractivity contribution in [3.63, 3.8) is 0 Å². The maximum Gasteiger partial charge on any atom is 0.344 e. The molecule has 10 nitrogen and oxygen atoms in total. The van der Waals surface area contributed by atoms with Crippen LogP contribution in [-0.4, -0.2) is 67.4 Å². The molecule has 0 radical (unpaired) electrons. The molecule has 174 valence electrons. The number of amides is 4. The topological polar surface area (TPSA) is 125 Å². The largest absolute Gasteiger partial charge is 0.379 e. The summed E-state index contributed by atoms with van der Waals surface area (Å²) in [5, 5.41) is 3.38. The van der Waals surface area contributed by atoms with E-state index >= 15 is 0 Å². The zero-order chi connectivity index (χ0) is 23.1. The third-order valence-electron chi connectivity index (χ3n) is 6.28. The zero-order valence-corrected chi connectivity index (χ0v) is 19.2. The summed E-state index contributed by atoms with van der Waals surface area (Å²) in [5.41, 5.74) is 1.28. The third-order valence-corrected chi connectivity index (χ3v) is 8.66. The molecule has 32 heavy (non-hydrogen) atoms. The summed E-state index contributed by atoms with van der Waals surface area (Å²) in [5.74, 6) is -0.822. The fourth-order valence-electron chi connectivity index (χ4n) is 4.25. The number of imide groups is 1. The maximum atomic E-state index is 13.0. The molecule has 1 aliphatic carbocycles. The SMILES string of the molecule is CC1CCC2(CC1)NC(=O)N(NC(=O)c1ccc(Cl)c(S(=O)(=O)N3CCOCC3)c1)C2=O. The molecule has 1 aromatic rings. The Hall–Kier alpha value is -2.21. The van der Waals surface area contributed by atoms with E-state index in [1.807, 2.05) is 0 Å². The number of rotatable bonds is 4. The molecule has 1 saturated carbocycles. The second kappa shape index (κ2) is 8.62. The molecule has 1 spiro atoms. The quantitative estimate of drug-likeness (QED) is 0.624. The van der Waals surface area contributed by atoms with E-state index in [-0.39, 0.29) is 41.8 Å². The van der Waals surface area contributed by atoms with Crippen molar-refractivity contribution in [3.8, 4) is 0 Å². The lowest BCUT2D eigenvalue weighted by atomic mass is 9.77. The molecule has 4 rings (SSSR count). The lowest BCUT2D eigenvalue weighted by Gasteiger charge is -2.33. The van der Waals surface area contributed by atoms with Crippen molar-refractivity contribution in [2.75, 3.05) is 26.3 Å². The summed E-state index contributed by atoms with van der Waals surface area (Å²) >= 11 is 6.13. The van der Waals surface area contributed by atoms with Crippen molar-refractivity contribution in [3.05, 3.63) is 28.8 Å². The van der Waals surface area contributed by atoms with E-state index in [1.165, 1.54) is 16.4 Å². The number of sulfonamides is 1. The van der Waals surface area contributed by atoms with Gasteiger partial charge in [-0.25, -0.2) is 13.2 Å². The molecule has 0 atom stereocenters. The van der Waals surface area contributed by atoms with Crippen LogP contribution >= 0.6 is 11.6 Å². The van der Waals surface area contributed by atoms with Crippen LogP contribution in [0.5, 0.6) is 0 Å². The summed E-state index contributed by atoms with van der Waals surface area (Å²) in [6.45, 7) is 2.99. The van der Waals surface area contributed by atoms with Crippen molar-refractivity contribution in [2.24, 2.45) is 5.92 Å². The van der Waals surface area contributed by atoms with Gasteiger partial charge in [0.25, 0.3) is 11.8 Å². The fourth-order valence-corrected chi connectivity index (χ4v) is 6.16. The molecular weight excluding hydrogens is 460 g/mol. The summed E-state index contributed by atoms with van der Waals surface area (Å²) in [6.07, 6.45) is 2.61. The Bertz CT molecular complexity index is 1050. The smallest absolute Gasteiger partial charge is 0.344 e. The minimum absolute atomic E-state index is 0.0293. The Morgan fingerprint density at radius 2 is 1.88 bits per heavy atom. The molecule has 12 heteroatoms. The fraction of sp³-hybridized carbons (Fsp3) is 0.550. The average Bonchev–Trinajstić information content (AvgIpc) is 3.00. The van der Waals surface area contributed by atoms with E-state index < -0.39 is 33.4 Å². The molecule has 2 N–H and O–H groups in total. The van der Waals surface area contributed by atoms with Gasteiger partial charge in [0.05, 0.1) is 18.2 Å². The zero-order valence-electron chi connectivity index (χ0n) is 17.6. The molecule has 2 heterocycles. The number of nitrogens with one attached hydrogen (secondary N) is 2. The van der Waals surface area contributed by atoms with Crippen molar-refractivity contribution >= 4 is 39.5 Å². The van der Waals surface area contributed by atoms with E-state index in [2.05, 4.69) is 17.7 Å². The number of hydrogen-bond donors (Lipinski definition) is 2. The number of urea groups is 1. The Morgan fingerprint density at radius 1 is 1.22 bits per heavy atom. The summed E-state index contributed by atoms with van der Waals surface area (Å²) in [6, 6.07) is 3.10. The molecular formula is C20H25ClN4O6S. The van der Waals surface area contributed by atoms with Crippen LogP contribution in [0.15, 0.2) is 23.1 Å². The Balaban J connectivity index is 1.53. The van der Waals surface area contributed by atoms with Gasteiger partial charge >= 0.3 is 6.03 Å². The first-order chi connectivity index (χ1) is 15.1. The van der Waals surface area contributed by atoms with Crippen LogP contribution in [0.3, 0.4) is 0 Å². The number of benzene rings is 1. The van der Waals surface area contributed by atoms with Crippen LogP contribution in [0, 0.1) is 5.92 Å². The minimum atomic E-state index is -3.94. The van der Waals surface area contributed by atoms with E-state index in [0.717, 1.165) is 18.9 Å². The van der Waals surface area contributed by atoms with Gasteiger partial charge in [0.15, 0.2) is 0 Å². The predicted octanol–water partition coefficient (Wildman–Crippen LogP) is 1.51. The van der Waals surface area contributed by atoms with Crippen LogP contribution in [0.1, 0.15) is 43.0 Å². The second-order valence-electron chi connectivity index (χ2n) is 8.44. The van der Waals surface area contributed by atoms with Gasteiger partial charge in [-0.3, -0.25) is 15.0 Å². The van der Waals surface area contributed by atoms with Gasteiger partial charge in [-0.15, -0.1) is 0 Å². The number of hydrazine groups is 1. The predicted molar refractivity (Wildman–Crippen MR) is 114 cm³/mol. The highest BCUT2D eigenvalue weighted by Crippen LogP contribution is 2.36. The lowest BCUT2D eigenvalue weighted by Crippen LogP contribution is -2.51. The normalized spacial score (nSPS) is 26.9. The van der Waals surface area contributed by atoms with E-state index in [9.17, 15) is 22.8 Å².